The molecule has 0 spiro atoms. The van der Waals surface area contributed by atoms with Gasteiger partial charge in [0.05, 0.1) is 17.5 Å². The molecular formula is C22H21N3O4S. The van der Waals surface area contributed by atoms with Gasteiger partial charge in [-0.3, -0.25) is 19.9 Å². The summed E-state index contributed by atoms with van der Waals surface area (Å²) in [6.45, 7) is 3.05. The number of nitrogens with one attached hydrogen (secondary N) is 1. The minimum absolute atomic E-state index is 0.0140. The summed E-state index contributed by atoms with van der Waals surface area (Å²) in [5.41, 5.74) is 1.64. The molecule has 7 nitrogen and oxygen atoms in total. The maximum Gasteiger partial charge on any atom is 0.259 e. The first-order valence-corrected chi connectivity index (χ1v) is 10.5. The molecule has 1 saturated heterocycles. The Morgan fingerprint density at radius 3 is 2.73 bits per heavy atom. The normalized spacial score (nSPS) is 14.8. The van der Waals surface area contributed by atoms with Crippen LogP contribution in [0.4, 0.5) is 5.13 Å². The smallest absolute Gasteiger partial charge is 0.259 e. The number of ether oxygens (including phenoxy) is 1. The highest BCUT2D eigenvalue weighted by molar-refractivity contribution is 7.18. The maximum atomic E-state index is 13.1. The molecule has 0 saturated carbocycles. The van der Waals surface area contributed by atoms with Crippen molar-refractivity contribution in [2.24, 2.45) is 5.92 Å². The number of carbonyl (C=O) groups excluding carboxylic acids is 2. The maximum absolute atomic E-state index is 13.1. The van der Waals surface area contributed by atoms with Crippen LogP contribution < -0.4 is 5.32 Å². The quantitative estimate of drug-likeness (QED) is 0.578. The average Bonchev–Trinajstić information content (AvgIpc) is 3.44. The Bertz CT molecular complexity index is 1050. The second-order valence-electron chi connectivity index (χ2n) is 6.85. The van der Waals surface area contributed by atoms with E-state index in [1.165, 1.54) is 23.8 Å². The first-order valence-electron chi connectivity index (χ1n) is 9.72. The fourth-order valence-corrected chi connectivity index (χ4v) is 4.23. The topological polar surface area (TPSA) is 94.3 Å². The van der Waals surface area contributed by atoms with Crippen molar-refractivity contribution in [3.8, 4) is 11.5 Å². The Balaban J connectivity index is 1.59. The number of thiazole rings is 1. The number of hydrogen-bond donors (Lipinski definition) is 1. The van der Waals surface area contributed by atoms with Gasteiger partial charge in [-0.15, -0.1) is 0 Å². The number of allylic oxidation sites excluding steroid dienone is 1. The van der Waals surface area contributed by atoms with Crippen LogP contribution in [-0.4, -0.2) is 34.9 Å². The molecule has 3 aromatic heterocycles. The van der Waals surface area contributed by atoms with Gasteiger partial charge in [0.2, 0.25) is 0 Å². The number of amides is 1. The summed E-state index contributed by atoms with van der Waals surface area (Å²) in [4.78, 5) is 35.0. The zero-order valence-corrected chi connectivity index (χ0v) is 17.3. The van der Waals surface area contributed by atoms with Crippen LogP contribution in [-0.2, 0) is 4.74 Å². The third kappa shape index (κ3) is 4.39. The summed E-state index contributed by atoms with van der Waals surface area (Å²) < 4.78 is 10.8. The number of pyridine rings is 1. The van der Waals surface area contributed by atoms with Crippen molar-refractivity contribution in [1.29, 1.82) is 0 Å². The third-order valence-corrected chi connectivity index (χ3v) is 5.79. The molecule has 1 N–H and O–H groups in total. The Labute approximate surface area is 177 Å². The molecule has 1 aliphatic rings. The van der Waals surface area contributed by atoms with Crippen LogP contribution in [0.25, 0.3) is 17.5 Å². The van der Waals surface area contributed by atoms with Gasteiger partial charge in [-0.2, -0.15) is 0 Å². The van der Waals surface area contributed by atoms with E-state index in [2.05, 4.69) is 15.3 Å². The lowest BCUT2D eigenvalue weighted by Crippen LogP contribution is -2.23. The molecule has 4 rings (SSSR count). The fraction of sp³-hybridized carbons (Fsp3) is 0.273. The summed E-state index contributed by atoms with van der Waals surface area (Å²) in [6, 6.07) is 6.97. The molecule has 0 unspecified atom stereocenters. The lowest BCUT2D eigenvalue weighted by Gasteiger charge is -2.20. The van der Waals surface area contributed by atoms with E-state index in [1.807, 2.05) is 19.1 Å². The number of nitrogens with zero attached hydrogens (tertiary/aromatic N) is 2. The first kappa shape index (κ1) is 20.2. The van der Waals surface area contributed by atoms with Crippen LogP contribution >= 0.6 is 11.3 Å². The largest absolute Gasteiger partial charge is 0.463 e. The summed E-state index contributed by atoms with van der Waals surface area (Å²) in [7, 11) is 0. The van der Waals surface area contributed by atoms with E-state index < -0.39 is 0 Å². The van der Waals surface area contributed by atoms with Crippen molar-refractivity contribution in [3.63, 3.8) is 0 Å². The van der Waals surface area contributed by atoms with Gasteiger partial charge in [0, 0.05) is 25.3 Å². The molecule has 0 aliphatic carbocycles. The highest BCUT2D eigenvalue weighted by Gasteiger charge is 2.29. The zero-order valence-electron chi connectivity index (χ0n) is 16.5. The van der Waals surface area contributed by atoms with Gasteiger partial charge in [-0.25, -0.2) is 4.98 Å². The predicted octanol–water partition coefficient (Wildman–Crippen LogP) is 4.69. The van der Waals surface area contributed by atoms with Crippen LogP contribution in [0.5, 0.6) is 0 Å². The molecule has 1 amide bonds. The monoisotopic (exact) mass is 423 g/mol. The number of hydrogen-bond acceptors (Lipinski definition) is 7. The van der Waals surface area contributed by atoms with E-state index in [0.717, 1.165) is 5.69 Å². The Morgan fingerprint density at radius 1 is 1.23 bits per heavy atom. The third-order valence-electron chi connectivity index (χ3n) is 4.80. The van der Waals surface area contributed by atoms with Gasteiger partial charge in [-0.1, -0.05) is 17.4 Å². The minimum atomic E-state index is -0.334. The number of carbonyl (C=O) groups is 2. The van der Waals surface area contributed by atoms with E-state index >= 15 is 0 Å². The van der Waals surface area contributed by atoms with Crippen LogP contribution in [0.1, 0.15) is 45.5 Å². The van der Waals surface area contributed by atoms with E-state index in [0.29, 0.717) is 53.1 Å². The van der Waals surface area contributed by atoms with E-state index in [1.54, 1.807) is 24.3 Å². The molecule has 0 aromatic carbocycles. The van der Waals surface area contributed by atoms with Crippen molar-refractivity contribution in [3.05, 3.63) is 58.9 Å². The van der Waals surface area contributed by atoms with Crippen LogP contribution in [0, 0.1) is 5.92 Å². The summed E-state index contributed by atoms with van der Waals surface area (Å²) >= 11 is 1.17. The predicted molar refractivity (Wildman–Crippen MR) is 115 cm³/mol. The van der Waals surface area contributed by atoms with Crippen LogP contribution in [0.3, 0.4) is 0 Å². The highest BCUT2D eigenvalue weighted by Crippen LogP contribution is 2.35. The van der Waals surface area contributed by atoms with Crippen molar-refractivity contribution in [2.75, 3.05) is 18.5 Å². The second-order valence-corrected chi connectivity index (χ2v) is 7.85. The number of rotatable bonds is 6. The summed E-state index contributed by atoms with van der Waals surface area (Å²) in [6.07, 6.45) is 8.14. The minimum Gasteiger partial charge on any atom is -0.463 e. The van der Waals surface area contributed by atoms with Gasteiger partial charge in [0.15, 0.2) is 16.7 Å². The molecule has 8 heteroatoms. The molecule has 30 heavy (non-hydrogen) atoms. The summed E-state index contributed by atoms with van der Waals surface area (Å²) in [5.74, 6) is 0.0683. The van der Waals surface area contributed by atoms with Gasteiger partial charge in [0.25, 0.3) is 5.91 Å². The van der Waals surface area contributed by atoms with Gasteiger partial charge < -0.3 is 9.15 Å². The standard InChI is InChI=1S/C22H21N3O4S/c1-2-4-16-7-6-15(13-23-16)21(27)25-22-24-18(17-5-3-10-29-17)20(30-22)19(26)14-8-11-28-12-9-14/h2-7,10,13-14H,8-9,11-12H2,1H3,(H,24,25,27). The number of aromatic nitrogens is 2. The first-order chi connectivity index (χ1) is 14.7. The van der Waals surface area contributed by atoms with Crippen LogP contribution in [0.15, 0.2) is 47.2 Å². The number of furan rings is 1. The molecule has 1 fully saturated rings. The van der Waals surface area contributed by atoms with E-state index in [4.69, 9.17) is 9.15 Å². The van der Waals surface area contributed by atoms with Crippen molar-refractivity contribution < 1.29 is 18.7 Å². The molecule has 1 aliphatic heterocycles. The second kappa shape index (κ2) is 9.15. The fourth-order valence-electron chi connectivity index (χ4n) is 3.24. The molecule has 0 radical (unpaired) electrons. The molecule has 3 aromatic rings. The average molecular weight is 423 g/mol. The number of anilines is 1. The molecular weight excluding hydrogens is 402 g/mol. The van der Waals surface area contributed by atoms with Crippen molar-refractivity contribution in [1.82, 2.24) is 9.97 Å². The molecule has 4 heterocycles. The lowest BCUT2D eigenvalue weighted by atomic mass is 9.94. The number of Topliss-reactive ketones (excluding diaryl/α,β-unsaturated/α-hetero) is 1. The number of ketones is 1. The van der Waals surface area contributed by atoms with Crippen LogP contribution in [0.2, 0.25) is 0 Å². The SMILES string of the molecule is CC=Cc1ccc(C(=O)Nc2nc(-c3ccco3)c(C(=O)C3CCOCC3)s2)cn1. The molecule has 154 valence electrons. The van der Waals surface area contributed by atoms with Crippen molar-refractivity contribution in [2.45, 2.75) is 19.8 Å². The summed E-state index contributed by atoms with van der Waals surface area (Å²) in [5, 5.41) is 3.13. The Kier molecular flexibility index (Phi) is 6.15. The van der Waals surface area contributed by atoms with E-state index in [-0.39, 0.29) is 17.6 Å². The highest BCUT2D eigenvalue weighted by atomic mass is 32.1. The van der Waals surface area contributed by atoms with Gasteiger partial charge in [0.1, 0.15) is 10.6 Å². The Hall–Kier alpha value is -3.10. The lowest BCUT2D eigenvalue weighted by molar-refractivity contribution is 0.0547. The van der Waals surface area contributed by atoms with E-state index in [9.17, 15) is 9.59 Å². The Morgan fingerprint density at radius 2 is 2.07 bits per heavy atom. The van der Waals surface area contributed by atoms with Gasteiger partial charge in [-0.05, 0) is 50.1 Å². The molecule has 0 atom stereocenters. The zero-order chi connectivity index (χ0) is 20.9. The van der Waals surface area contributed by atoms with Gasteiger partial charge >= 0.3 is 0 Å². The molecule has 0 bridgehead atoms. The van der Waals surface area contributed by atoms with Crippen molar-refractivity contribution >= 4 is 34.2 Å².